The van der Waals surface area contributed by atoms with Crippen LogP contribution in [0.4, 0.5) is 11.4 Å². The van der Waals surface area contributed by atoms with E-state index < -0.39 is 10.0 Å². The van der Waals surface area contributed by atoms with Crippen molar-refractivity contribution in [1.82, 2.24) is 0 Å². The molecule has 0 saturated heterocycles. The molecule has 25 heavy (non-hydrogen) atoms. The van der Waals surface area contributed by atoms with Crippen molar-refractivity contribution in [2.75, 3.05) is 28.6 Å². The molecular weight excluding hydrogens is 336 g/mol. The van der Waals surface area contributed by atoms with Gasteiger partial charge in [-0.15, -0.1) is 0 Å². The van der Waals surface area contributed by atoms with Crippen LogP contribution in [-0.2, 0) is 21.2 Å². The van der Waals surface area contributed by atoms with E-state index in [9.17, 15) is 13.2 Å². The van der Waals surface area contributed by atoms with Gasteiger partial charge in [-0.1, -0.05) is 37.3 Å². The maximum Gasteiger partial charge on any atom is 0.247 e. The van der Waals surface area contributed by atoms with Crippen LogP contribution in [0.5, 0.6) is 0 Å². The van der Waals surface area contributed by atoms with Gasteiger partial charge in [0.2, 0.25) is 15.9 Å². The van der Waals surface area contributed by atoms with E-state index in [0.29, 0.717) is 12.2 Å². The lowest BCUT2D eigenvalue weighted by molar-refractivity contribution is -0.117. The summed E-state index contributed by atoms with van der Waals surface area (Å²) in [5, 5.41) is 0. The van der Waals surface area contributed by atoms with Crippen molar-refractivity contribution in [2.24, 2.45) is 0 Å². The zero-order valence-electron chi connectivity index (χ0n) is 14.8. The Labute approximate surface area is 149 Å². The number of benzene rings is 2. The van der Waals surface area contributed by atoms with Crippen molar-refractivity contribution < 1.29 is 13.2 Å². The van der Waals surface area contributed by atoms with Gasteiger partial charge in [0.15, 0.2) is 0 Å². The predicted octanol–water partition coefficient (Wildman–Crippen LogP) is 3.07. The number of nitrogens with zero attached hydrogens (tertiary/aromatic N) is 2. The highest BCUT2D eigenvalue weighted by Crippen LogP contribution is 2.20. The quantitative estimate of drug-likeness (QED) is 0.762. The molecule has 0 aliphatic carbocycles. The van der Waals surface area contributed by atoms with Gasteiger partial charge in [-0.3, -0.25) is 9.10 Å². The van der Waals surface area contributed by atoms with Crippen LogP contribution in [0.15, 0.2) is 54.6 Å². The van der Waals surface area contributed by atoms with Crippen LogP contribution >= 0.6 is 0 Å². The minimum absolute atomic E-state index is 0.229. The van der Waals surface area contributed by atoms with Crippen LogP contribution < -0.4 is 9.21 Å². The van der Waals surface area contributed by atoms with Crippen molar-refractivity contribution in [3.63, 3.8) is 0 Å². The summed E-state index contributed by atoms with van der Waals surface area (Å²) >= 11 is 0. The second-order valence-corrected chi connectivity index (χ2v) is 7.67. The maximum absolute atomic E-state index is 12.7. The standard InChI is InChI=1S/C19H24N2O3S/c1-4-16-11-13-18(14-12-16)21(25(3,23)24)15-19(22)20(5-2)17-9-7-6-8-10-17/h6-14H,4-5,15H2,1-3H3. The Morgan fingerprint density at radius 3 is 2.00 bits per heavy atom. The first-order valence-electron chi connectivity index (χ1n) is 8.28. The molecule has 0 aliphatic heterocycles. The summed E-state index contributed by atoms with van der Waals surface area (Å²) < 4.78 is 25.6. The smallest absolute Gasteiger partial charge is 0.247 e. The molecule has 0 aromatic heterocycles. The second-order valence-electron chi connectivity index (χ2n) is 5.76. The summed E-state index contributed by atoms with van der Waals surface area (Å²) in [4.78, 5) is 14.3. The topological polar surface area (TPSA) is 57.7 Å². The van der Waals surface area contributed by atoms with E-state index >= 15 is 0 Å². The van der Waals surface area contributed by atoms with E-state index in [4.69, 9.17) is 0 Å². The Balaban J connectivity index is 2.28. The largest absolute Gasteiger partial charge is 0.311 e. The maximum atomic E-state index is 12.7. The molecule has 0 atom stereocenters. The second kappa shape index (κ2) is 8.16. The summed E-state index contributed by atoms with van der Waals surface area (Å²) in [5.74, 6) is -0.265. The number of rotatable bonds is 7. The molecule has 2 aromatic carbocycles. The number of hydrogen-bond donors (Lipinski definition) is 0. The van der Waals surface area contributed by atoms with Crippen molar-refractivity contribution >= 4 is 27.3 Å². The molecule has 2 rings (SSSR count). The monoisotopic (exact) mass is 360 g/mol. The zero-order valence-corrected chi connectivity index (χ0v) is 15.7. The number of aryl methyl sites for hydroxylation is 1. The summed E-state index contributed by atoms with van der Waals surface area (Å²) in [7, 11) is -3.57. The summed E-state index contributed by atoms with van der Waals surface area (Å²) in [6.07, 6.45) is 1.99. The van der Waals surface area contributed by atoms with Crippen LogP contribution in [0.2, 0.25) is 0 Å². The molecule has 0 saturated carbocycles. The SMILES string of the molecule is CCc1ccc(N(CC(=O)N(CC)c2ccccc2)S(C)(=O)=O)cc1. The molecule has 0 heterocycles. The first kappa shape index (κ1) is 19.0. The molecule has 0 aliphatic rings. The molecule has 0 spiro atoms. The van der Waals surface area contributed by atoms with E-state index in [2.05, 4.69) is 0 Å². The molecule has 0 radical (unpaired) electrons. The molecule has 6 heteroatoms. The molecule has 134 valence electrons. The normalized spacial score (nSPS) is 11.2. The van der Waals surface area contributed by atoms with Crippen LogP contribution in [0.3, 0.4) is 0 Å². The van der Waals surface area contributed by atoms with Crippen LogP contribution in [0, 0.1) is 0 Å². The van der Waals surface area contributed by atoms with E-state index in [-0.39, 0.29) is 12.5 Å². The lowest BCUT2D eigenvalue weighted by atomic mass is 10.1. The average Bonchev–Trinajstić information content (AvgIpc) is 2.60. The Hall–Kier alpha value is -2.34. The third kappa shape index (κ3) is 4.82. The van der Waals surface area contributed by atoms with Gasteiger partial charge in [0.25, 0.3) is 0 Å². The molecule has 2 aromatic rings. The lowest BCUT2D eigenvalue weighted by Crippen LogP contribution is -2.42. The molecular formula is C19H24N2O3S. The fourth-order valence-electron chi connectivity index (χ4n) is 2.62. The minimum Gasteiger partial charge on any atom is -0.311 e. The van der Waals surface area contributed by atoms with Gasteiger partial charge in [0, 0.05) is 12.2 Å². The fraction of sp³-hybridized carbons (Fsp3) is 0.316. The summed E-state index contributed by atoms with van der Waals surface area (Å²) in [6, 6.07) is 16.5. The van der Waals surface area contributed by atoms with Gasteiger partial charge in [0.05, 0.1) is 11.9 Å². The Morgan fingerprint density at radius 2 is 1.52 bits per heavy atom. The number of carbonyl (C=O) groups is 1. The number of likely N-dealkylation sites (N-methyl/N-ethyl adjacent to an activating group) is 1. The Bertz CT molecular complexity index is 802. The van der Waals surface area contributed by atoms with Gasteiger partial charge in [0.1, 0.15) is 6.54 Å². The first-order chi connectivity index (χ1) is 11.9. The van der Waals surface area contributed by atoms with Crippen molar-refractivity contribution in [3.8, 4) is 0 Å². The Kier molecular flexibility index (Phi) is 6.20. The van der Waals surface area contributed by atoms with E-state index in [0.717, 1.165) is 28.2 Å². The number of sulfonamides is 1. The molecule has 0 N–H and O–H groups in total. The van der Waals surface area contributed by atoms with Crippen LogP contribution in [-0.4, -0.2) is 33.7 Å². The first-order valence-corrected chi connectivity index (χ1v) is 10.1. The van der Waals surface area contributed by atoms with Crippen molar-refractivity contribution in [2.45, 2.75) is 20.3 Å². The number of carbonyl (C=O) groups excluding carboxylic acids is 1. The third-order valence-corrected chi connectivity index (χ3v) is 5.14. The number of amides is 1. The average molecular weight is 360 g/mol. The molecule has 0 fully saturated rings. The fourth-order valence-corrected chi connectivity index (χ4v) is 3.47. The summed E-state index contributed by atoms with van der Waals surface area (Å²) in [6.45, 7) is 4.14. The highest BCUT2D eigenvalue weighted by Gasteiger charge is 2.24. The highest BCUT2D eigenvalue weighted by atomic mass is 32.2. The minimum atomic E-state index is -3.57. The van der Waals surface area contributed by atoms with Gasteiger partial charge >= 0.3 is 0 Å². The van der Waals surface area contributed by atoms with Gasteiger partial charge in [-0.05, 0) is 43.2 Å². The molecule has 5 nitrogen and oxygen atoms in total. The van der Waals surface area contributed by atoms with E-state index in [1.165, 1.54) is 0 Å². The predicted molar refractivity (Wildman–Crippen MR) is 102 cm³/mol. The van der Waals surface area contributed by atoms with E-state index in [1.807, 2.05) is 56.3 Å². The van der Waals surface area contributed by atoms with Gasteiger partial charge in [-0.25, -0.2) is 8.42 Å². The number of hydrogen-bond acceptors (Lipinski definition) is 3. The van der Waals surface area contributed by atoms with Crippen molar-refractivity contribution in [1.29, 1.82) is 0 Å². The zero-order chi connectivity index (χ0) is 18.4. The highest BCUT2D eigenvalue weighted by molar-refractivity contribution is 7.92. The van der Waals surface area contributed by atoms with Crippen molar-refractivity contribution in [3.05, 3.63) is 60.2 Å². The number of anilines is 2. The van der Waals surface area contributed by atoms with Gasteiger partial charge in [-0.2, -0.15) is 0 Å². The molecule has 0 unspecified atom stereocenters. The van der Waals surface area contributed by atoms with Crippen LogP contribution in [0.25, 0.3) is 0 Å². The Morgan fingerprint density at radius 1 is 0.920 bits per heavy atom. The number of para-hydroxylation sites is 1. The third-order valence-electron chi connectivity index (χ3n) is 4.00. The molecule has 0 bridgehead atoms. The lowest BCUT2D eigenvalue weighted by Gasteiger charge is -2.27. The van der Waals surface area contributed by atoms with Crippen LogP contribution in [0.1, 0.15) is 19.4 Å². The summed E-state index contributed by atoms with van der Waals surface area (Å²) in [5.41, 5.74) is 2.37. The van der Waals surface area contributed by atoms with E-state index in [1.54, 1.807) is 17.0 Å². The van der Waals surface area contributed by atoms with Gasteiger partial charge < -0.3 is 4.90 Å². The molecule has 1 amide bonds.